The maximum atomic E-state index is 5.11. The molecule has 0 N–H and O–H groups in total. The molecule has 0 radical (unpaired) electrons. The minimum absolute atomic E-state index is 0.337. The van der Waals surface area contributed by atoms with Gasteiger partial charge in [-0.3, -0.25) is 4.98 Å². The van der Waals surface area contributed by atoms with Crippen molar-refractivity contribution in [3.63, 3.8) is 0 Å². The van der Waals surface area contributed by atoms with E-state index in [1.165, 1.54) is 22.4 Å². The summed E-state index contributed by atoms with van der Waals surface area (Å²) in [6.45, 7) is 12.5. The van der Waals surface area contributed by atoms with E-state index in [2.05, 4.69) is 61.8 Å². The zero-order valence-corrected chi connectivity index (χ0v) is 18.6. The van der Waals surface area contributed by atoms with Crippen LogP contribution in [0.3, 0.4) is 0 Å². The molecule has 0 amide bonds. The smallest absolute Gasteiger partial charge is 0.159 e. The molecule has 3 heterocycles. The normalized spacial score (nSPS) is 16.0. The molecule has 0 saturated carbocycles. The van der Waals surface area contributed by atoms with Crippen LogP contribution in [0.2, 0.25) is 0 Å². The molecule has 1 saturated heterocycles. The molecule has 4 rings (SSSR count). The van der Waals surface area contributed by atoms with Gasteiger partial charge < -0.3 is 4.90 Å². The van der Waals surface area contributed by atoms with Crippen molar-refractivity contribution in [2.24, 2.45) is 5.41 Å². The van der Waals surface area contributed by atoms with Crippen LogP contribution in [0, 0.1) is 12.3 Å². The van der Waals surface area contributed by atoms with Gasteiger partial charge in [0.1, 0.15) is 0 Å². The first-order valence-corrected chi connectivity index (χ1v) is 11.0. The van der Waals surface area contributed by atoms with Crippen molar-refractivity contribution in [3.8, 4) is 22.5 Å². The van der Waals surface area contributed by atoms with E-state index in [0.29, 0.717) is 11.3 Å². The summed E-state index contributed by atoms with van der Waals surface area (Å²) in [5.41, 5.74) is 6.19. The number of likely N-dealkylation sites (tertiary alicyclic amines) is 1. The van der Waals surface area contributed by atoms with E-state index in [4.69, 9.17) is 9.97 Å². The third-order valence-corrected chi connectivity index (χ3v) is 5.79. The Labute approximate surface area is 180 Å². The lowest BCUT2D eigenvalue weighted by Gasteiger charge is -2.36. The highest BCUT2D eigenvalue weighted by Crippen LogP contribution is 2.35. The topological polar surface area (TPSA) is 41.9 Å². The van der Waals surface area contributed by atoms with Crippen LogP contribution in [0.15, 0.2) is 55.0 Å². The number of rotatable bonds is 4. The van der Waals surface area contributed by atoms with E-state index in [1.807, 2.05) is 18.3 Å². The SMILES string of the molecule is Cc1ccc(-c2cnc(-c3ccncc3)nc2C2CCN(CC(C)(C)C)CC2)cc1. The fraction of sp³-hybridized carbons (Fsp3) is 0.423. The number of hydrogen-bond donors (Lipinski definition) is 0. The molecule has 1 aliphatic heterocycles. The van der Waals surface area contributed by atoms with Crippen LogP contribution in [0.5, 0.6) is 0 Å². The quantitative estimate of drug-likeness (QED) is 0.560. The summed E-state index contributed by atoms with van der Waals surface area (Å²) in [4.78, 5) is 16.6. The lowest BCUT2D eigenvalue weighted by molar-refractivity contribution is 0.153. The highest BCUT2D eigenvalue weighted by molar-refractivity contribution is 5.68. The largest absolute Gasteiger partial charge is 0.303 e. The molecule has 0 unspecified atom stereocenters. The second kappa shape index (κ2) is 8.65. The van der Waals surface area contributed by atoms with Crippen molar-refractivity contribution in [2.45, 2.75) is 46.5 Å². The van der Waals surface area contributed by atoms with Gasteiger partial charge in [0, 0.05) is 42.2 Å². The standard InChI is InChI=1S/C26H32N4/c1-19-5-7-20(8-6-19)23-17-28-25(22-9-13-27-14-10-22)29-24(23)21-11-15-30(16-12-21)18-26(2,3)4/h5-10,13-14,17,21H,11-12,15-16,18H2,1-4H3. The third kappa shape index (κ3) is 4.93. The Morgan fingerprint density at radius 3 is 2.23 bits per heavy atom. The van der Waals surface area contributed by atoms with E-state index >= 15 is 0 Å². The van der Waals surface area contributed by atoms with Crippen molar-refractivity contribution < 1.29 is 0 Å². The number of nitrogens with zero attached hydrogens (tertiary/aromatic N) is 4. The molecule has 0 aliphatic carbocycles. The minimum Gasteiger partial charge on any atom is -0.303 e. The number of aryl methyl sites for hydroxylation is 1. The first-order chi connectivity index (χ1) is 14.4. The van der Waals surface area contributed by atoms with E-state index in [9.17, 15) is 0 Å². The highest BCUT2D eigenvalue weighted by atomic mass is 15.1. The van der Waals surface area contributed by atoms with Gasteiger partial charge in [0.05, 0.1) is 5.69 Å². The van der Waals surface area contributed by atoms with Crippen LogP contribution in [0.25, 0.3) is 22.5 Å². The zero-order valence-electron chi connectivity index (χ0n) is 18.6. The average molecular weight is 401 g/mol. The molecule has 156 valence electrons. The lowest BCUT2D eigenvalue weighted by atomic mass is 9.87. The summed E-state index contributed by atoms with van der Waals surface area (Å²) in [5.74, 6) is 1.25. The summed E-state index contributed by atoms with van der Waals surface area (Å²) in [6.07, 6.45) is 7.90. The molecule has 1 aromatic carbocycles. The maximum Gasteiger partial charge on any atom is 0.159 e. The third-order valence-electron chi connectivity index (χ3n) is 5.79. The van der Waals surface area contributed by atoms with Crippen LogP contribution in [-0.2, 0) is 0 Å². The van der Waals surface area contributed by atoms with E-state index in [1.54, 1.807) is 12.4 Å². The van der Waals surface area contributed by atoms with Gasteiger partial charge in [0.25, 0.3) is 0 Å². The van der Waals surface area contributed by atoms with Gasteiger partial charge in [-0.15, -0.1) is 0 Å². The number of pyridine rings is 1. The van der Waals surface area contributed by atoms with Crippen molar-refractivity contribution in [3.05, 3.63) is 66.2 Å². The van der Waals surface area contributed by atoms with Crippen LogP contribution >= 0.6 is 0 Å². The van der Waals surface area contributed by atoms with E-state index < -0.39 is 0 Å². The van der Waals surface area contributed by atoms with Gasteiger partial charge in [-0.05, 0) is 56.0 Å². The molecule has 30 heavy (non-hydrogen) atoms. The second-order valence-electron chi connectivity index (χ2n) is 9.71. The van der Waals surface area contributed by atoms with Gasteiger partial charge in [0.2, 0.25) is 0 Å². The van der Waals surface area contributed by atoms with Crippen LogP contribution in [0.4, 0.5) is 0 Å². The molecule has 2 aromatic heterocycles. The first kappa shape index (κ1) is 20.7. The van der Waals surface area contributed by atoms with Gasteiger partial charge in [0.15, 0.2) is 5.82 Å². The van der Waals surface area contributed by atoms with Gasteiger partial charge in [-0.25, -0.2) is 9.97 Å². The lowest BCUT2D eigenvalue weighted by Crippen LogP contribution is -2.38. The first-order valence-electron chi connectivity index (χ1n) is 11.0. The Morgan fingerprint density at radius 1 is 0.933 bits per heavy atom. The van der Waals surface area contributed by atoms with Gasteiger partial charge >= 0.3 is 0 Å². The Morgan fingerprint density at radius 2 is 1.60 bits per heavy atom. The van der Waals surface area contributed by atoms with Gasteiger partial charge in [-0.1, -0.05) is 50.6 Å². The number of aromatic nitrogens is 3. The fourth-order valence-corrected chi connectivity index (χ4v) is 4.34. The van der Waals surface area contributed by atoms with Crippen LogP contribution in [0.1, 0.15) is 50.8 Å². The molecular formula is C26H32N4. The van der Waals surface area contributed by atoms with Crippen molar-refractivity contribution >= 4 is 0 Å². The van der Waals surface area contributed by atoms with Gasteiger partial charge in [-0.2, -0.15) is 0 Å². The average Bonchev–Trinajstić information content (AvgIpc) is 2.74. The van der Waals surface area contributed by atoms with Crippen LogP contribution < -0.4 is 0 Å². The molecule has 1 aliphatic rings. The predicted molar refractivity (Wildman–Crippen MR) is 123 cm³/mol. The molecule has 0 atom stereocenters. The molecule has 1 fully saturated rings. The fourth-order valence-electron chi connectivity index (χ4n) is 4.34. The van der Waals surface area contributed by atoms with Crippen molar-refractivity contribution in [1.82, 2.24) is 19.9 Å². The van der Waals surface area contributed by atoms with Crippen molar-refractivity contribution in [2.75, 3.05) is 19.6 Å². The summed E-state index contributed by atoms with van der Waals surface area (Å²) in [7, 11) is 0. The molecule has 4 heteroatoms. The predicted octanol–water partition coefficient (Wildman–Crippen LogP) is 5.74. The zero-order chi connectivity index (χ0) is 21.1. The minimum atomic E-state index is 0.337. The number of hydrogen-bond acceptors (Lipinski definition) is 4. The molecule has 0 bridgehead atoms. The molecule has 4 nitrogen and oxygen atoms in total. The summed E-state index contributed by atoms with van der Waals surface area (Å²) < 4.78 is 0. The summed E-state index contributed by atoms with van der Waals surface area (Å²) in [6, 6.07) is 12.7. The maximum absolute atomic E-state index is 5.11. The summed E-state index contributed by atoms with van der Waals surface area (Å²) >= 11 is 0. The highest BCUT2D eigenvalue weighted by Gasteiger charge is 2.27. The second-order valence-corrected chi connectivity index (χ2v) is 9.71. The molecule has 0 spiro atoms. The number of piperidine rings is 1. The summed E-state index contributed by atoms with van der Waals surface area (Å²) in [5, 5.41) is 0. The van der Waals surface area contributed by atoms with Crippen molar-refractivity contribution in [1.29, 1.82) is 0 Å². The van der Waals surface area contributed by atoms with E-state index in [0.717, 1.165) is 43.9 Å². The Hall–Kier alpha value is -2.59. The number of benzene rings is 1. The van der Waals surface area contributed by atoms with E-state index in [-0.39, 0.29) is 0 Å². The van der Waals surface area contributed by atoms with Crippen LogP contribution in [-0.4, -0.2) is 39.5 Å². The molecule has 3 aromatic rings. The Balaban J connectivity index is 1.66. The Bertz CT molecular complexity index is 966. The Kier molecular flexibility index (Phi) is 5.96. The molecular weight excluding hydrogens is 368 g/mol. The monoisotopic (exact) mass is 400 g/mol.